The fourth-order valence-corrected chi connectivity index (χ4v) is 4.27. The van der Waals surface area contributed by atoms with Crippen LogP contribution in [-0.2, 0) is 20.9 Å². The minimum atomic E-state index is -1.17. The fraction of sp³-hybridized carbons (Fsp3) is 0.364. The van der Waals surface area contributed by atoms with E-state index in [2.05, 4.69) is 5.32 Å². The second kappa shape index (κ2) is 9.19. The van der Waals surface area contributed by atoms with E-state index in [1.807, 2.05) is 5.48 Å². The summed E-state index contributed by atoms with van der Waals surface area (Å²) in [5.41, 5.74) is 9.10. The standard InChI is InChI=1S/C22H24F2N4O4/c23-16-2-1-3-17(24)19(16)26-21(29)20-15-10-14(27-31)5-4-13(15)11-28(20)22(30)18(25)12-6-8-32-9-7-12/h1-5,10,12,18,20,27,31H,6-9,11,25H2,(H,26,29)/t18?,20-/m0/s1. The van der Waals surface area contributed by atoms with Crippen LogP contribution in [0.15, 0.2) is 36.4 Å². The van der Waals surface area contributed by atoms with Gasteiger partial charge in [0.25, 0.3) is 5.91 Å². The highest BCUT2D eigenvalue weighted by Crippen LogP contribution is 2.38. The Labute approximate surface area is 183 Å². The van der Waals surface area contributed by atoms with Crippen molar-refractivity contribution >= 4 is 23.2 Å². The third kappa shape index (κ3) is 4.16. The first-order valence-electron chi connectivity index (χ1n) is 10.3. The van der Waals surface area contributed by atoms with Crippen molar-refractivity contribution in [3.8, 4) is 0 Å². The number of rotatable bonds is 5. The van der Waals surface area contributed by atoms with Crippen molar-refractivity contribution < 1.29 is 28.3 Å². The van der Waals surface area contributed by atoms with E-state index in [0.29, 0.717) is 42.9 Å². The number of hydrogen-bond donors (Lipinski definition) is 4. The van der Waals surface area contributed by atoms with Gasteiger partial charge in [-0.2, -0.15) is 0 Å². The van der Waals surface area contributed by atoms with E-state index in [9.17, 15) is 23.6 Å². The summed E-state index contributed by atoms with van der Waals surface area (Å²) in [6, 6.07) is 6.01. The van der Waals surface area contributed by atoms with Crippen LogP contribution >= 0.6 is 0 Å². The van der Waals surface area contributed by atoms with Gasteiger partial charge in [0, 0.05) is 19.8 Å². The molecule has 2 aliphatic rings. The van der Waals surface area contributed by atoms with Gasteiger partial charge in [0.15, 0.2) is 0 Å². The summed E-state index contributed by atoms with van der Waals surface area (Å²) < 4.78 is 33.6. The van der Waals surface area contributed by atoms with Gasteiger partial charge in [0.2, 0.25) is 5.91 Å². The van der Waals surface area contributed by atoms with Crippen LogP contribution in [-0.4, -0.2) is 41.2 Å². The number of ether oxygens (including phenoxy) is 1. The summed E-state index contributed by atoms with van der Waals surface area (Å²) in [6.45, 7) is 1.12. The second-order valence-corrected chi connectivity index (χ2v) is 7.96. The predicted octanol–water partition coefficient (Wildman–Crippen LogP) is 2.54. The van der Waals surface area contributed by atoms with Crippen molar-refractivity contribution in [1.29, 1.82) is 0 Å². The van der Waals surface area contributed by atoms with Crippen molar-refractivity contribution in [3.05, 3.63) is 59.2 Å². The number of hydrogen-bond acceptors (Lipinski definition) is 6. The number of nitrogens with zero attached hydrogens (tertiary/aromatic N) is 1. The van der Waals surface area contributed by atoms with Crippen molar-refractivity contribution in [2.75, 3.05) is 24.0 Å². The quantitative estimate of drug-likeness (QED) is 0.525. The fourth-order valence-electron chi connectivity index (χ4n) is 4.27. The number of para-hydroxylation sites is 1. The molecular weight excluding hydrogens is 422 g/mol. The lowest BCUT2D eigenvalue weighted by atomic mass is 9.91. The van der Waals surface area contributed by atoms with Gasteiger partial charge in [-0.1, -0.05) is 12.1 Å². The summed E-state index contributed by atoms with van der Waals surface area (Å²) in [5.74, 6) is -3.17. The van der Waals surface area contributed by atoms with E-state index in [1.54, 1.807) is 12.1 Å². The molecule has 1 unspecified atom stereocenters. The first-order chi connectivity index (χ1) is 15.4. The van der Waals surface area contributed by atoms with Crippen LogP contribution in [0.5, 0.6) is 0 Å². The van der Waals surface area contributed by atoms with Gasteiger partial charge in [-0.15, -0.1) is 0 Å². The molecule has 5 N–H and O–H groups in total. The summed E-state index contributed by atoms with van der Waals surface area (Å²) in [6.07, 6.45) is 1.26. The Morgan fingerprint density at radius 2 is 1.84 bits per heavy atom. The van der Waals surface area contributed by atoms with Crippen molar-refractivity contribution in [3.63, 3.8) is 0 Å². The van der Waals surface area contributed by atoms with Crippen molar-refractivity contribution in [2.24, 2.45) is 11.7 Å². The molecule has 0 saturated carbocycles. The van der Waals surface area contributed by atoms with E-state index in [1.165, 1.54) is 17.0 Å². The van der Waals surface area contributed by atoms with E-state index in [4.69, 9.17) is 10.5 Å². The third-order valence-corrected chi connectivity index (χ3v) is 6.02. The number of nitrogens with two attached hydrogens (primary N) is 1. The summed E-state index contributed by atoms with van der Waals surface area (Å²) in [4.78, 5) is 27.9. The van der Waals surface area contributed by atoms with E-state index in [-0.39, 0.29) is 12.5 Å². The van der Waals surface area contributed by atoms with E-state index >= 15 is 0 Å². The third-order valence-electron chi connectivity index (χ3n) is 6.02. The Morgan fingerprint density at radius 3 is 2.50 bits per heavy atom. The van der Waals surface area contributed by atoms with Gasteiger partial charge >= 0.3 is 0 Å². The Kier molecular flexibility index (Phi) is 6.35. The number of benzene rings is 2. The molecule has 0 aromatic heterocycles. The molecule has 0 spiro atoms. The first-order valence-corrected chi connectivity index (χ1v) is 10.3. The average Bonchev–Trinajstić information content (AvgIpc) is 3.19. The lowest BCUT2D eigenvalue weighted by Gasteiger charge is -2.32. The molecule has 10 heteroatoms. The van der Waals surface area contributed by atoms with Crippen LogP contribution in [0, 0.1) is 17.6 Å². The average molecular weight is 446 g/mol. The lowest BCUT2D eigenvalue weighted by molar-refractivity contribution is -0.141. The van der Waals surface area contributed by atoms with Gasteiger partial charge in [-0.3, -0.25) is 20.3 Å². The highest BCUT2D eigenvalue weighted by molar-refractivity contribution is 6.00. The number of amides is 2. The zero-order valence-electron chi connectivity index (χ0n) is 17.2. The first kappa shape index (κ1) is 22.1. The molecule has 1 fully saturated rings. The van der Waals surface area contributed by atoms with Gasteiger partial charge in [0.1, 0.15) is 23.4 Å². The maximum absolute atomic E-state index is 14.1. The molecular formula is C22H24F2N4O4. The monoisotopic (exact) mass is 446 g/mol. The summed E-state index contributed by atoms with van der Waals surface area (Å²) in [5, 5.41) is 11.5. The van der Waals surface area contributed by atoms with Crippen LogP contribution < -0.4 is 16.5 Å². The molecule has 8 nitrogen and oxygen atoms in total. The maximum Gasteiger partial charge on any atom is 0.252 e. The van der Waals surface area contributed by atoms with E-state index < -0.39 is 41.2 Å². The molecule has 32 heavy (non-hydrogen) atoms. The van der Waals surface area contributed by atoms with Crippen LogP contribution in [0.2, 0.25) is 0 Å². The molecule has 170 valence electrons. The van der Waals surface area contributed by atoms with Crippen LogP contribution in [0.1, 0.15) is 30.0 Å². The van der Waals surface area contributed by atoms with Gasteiger partial charge in [-0.05, 0) is 54.2 Å². The van der Waals surface area contributed by atoms with Gasteiger partial charge in [0.05, 0.1) is 11.7 Å². The highest BCUT2D eigenvalue weighted by Gasteiger charge is 2.42. The Morgan fingerprint density at radius 1 is 1.16 bits per heavy atom. The highest BCUT2D eigenvalue weighted by atomic mass is 19.1. The van der Waals surface area contributed by atoms with E-state index in [0.717, 1.165) is 12.1 Å². The molecule has 1 saturated heterocycles. The van der Waals surface area contributed by atoms with Crippen LogP contribution in [0.25, 0.3) is 0 Å². The number of carbonyl (C=O) groups is 2. The molecule has 0 radical (unpaired) electrons. The van der Waals surface area contributed by atoms with Gasteiger partial charge in [-0.25, -0.2) is 8.78 Å². The predicted molar refractivity (Wildman–Crippen MR) is 112 cm³/mol. The van der Waals surface area contributed by atoms with Gasteiger partial charge < -0.3 is 20.7 Å². The Hall–Kier alpha value is -3.08. The molecule has 0 aliphatic carbocycles. The van der Waals surface area contributed by atoms with Crippen LogP contribution in [0.3, 0.4) is 0 Å². The molecule has 2 aromatic carbocycles. The zero-order valence-corrected chi connectivity index (χ0v) is 17.2. The number of anilines is 2. The molecule has 2 aliphatic heterocycles. The number of fused-ring (bicyclic) bond motifs is 1. The number of nitrogens with one attached hydrogen (secondary N) is 2. The topological polar surface area (TPSA) is 117 Å². The molecule has 2 amide bonds. The Bertz CT molecular complexity index is 1010. The smallest absolute Gasteiger partial charge is 0.252 e. The number of halogens is 2. The zero-order chi connectivity index (χ0) is 22.8. The molecule has 4 rings (SSSR count). The largest absolute Gasteiger partial charge is 0.381 e. The Balaban J connectivity index is 1.66. The van der Waals surface area contributed by atoms with Crippen molar-refractivity contribution in [2.45, 2.75) is 31.5 Å². The molecule has 2 aromatic rings. The summed E-state index contributed by atoms with van der Waals surface area (Å²) in [7, 11) is 0. The lowest BCUT2D eigenvalue weighted by Crippen LogP contribution is -2.50. The molecule has 0 bridgehead atoms. The summed E-state index contributed by atoms with van der Waals surface area (Å²) >= 11 is 0. The SMILES string of the molecule is NC(C(=O)N1Cc2ccc(NO)cc2[C@H]1C(=O)Nc1c(F)cccc1F)C1CCOCC1. The molecule has 2 atom stereocenters. The maximum atomic E-state index is 14.1. The van der Waals surface area contributed by atoms with Crippen LogP contribution in [0.4, 0.5) is 20.2 Å². The normalized spacial score (nSPS) is 19.4. The minimum Gasteiger partial charge on any atom is -0.381 e. The minimum absolute atomic E-state index is 0.0950. The molecule has 2 heterocycles. The number of carbonyl (C=O) groups excluding carboxylic acids is 2. The second-order valence-electron chi connectivity index (χ2n) is 7.96. The van der Waals surface area contributed by atoms with Crippen molar-refractivity contribution in [1.82, 2.24) is 4.90 Å².